The van der Waals surface area contributed by atoms with Gasteiger partial charge in [-0.2, -0.15) is 5.26 Å². The van der Waals surface area contributed by atoms with Crippen LogP contribution in [0.15, 0.2) is 22.7 Å². The van der Waals surface area contributed by atoms with Crippen molar-refractivity contribution >= 4 is 27.7 Å². The first-order valence-corrected chi connectivity index (χ1v) is 6.28. The van der Waals surface area contributed by atoms with Crippen LogP contribution in [0.1, 0.15) is 17.5 Å². The number of nitrogens with zero attached hydrogens (tertiary/aromatic N) is 1. The average Bonchev–Trinajstić information content (AvgIpc) is 2.18. The Hall–Kier alpha value is -0.460. The highest BCUT2D eigenvalue weighted by molar-refractivity contribution is 9.10. The molecule has 0 heterocycles. The molecule has 0 radical (unpaired) electrons. The van der Waals surface area contributed by atoms with Crippen molar-refractivity contribution in [1.29, 1.82) is 5.26 Å². The van der Waals surface area contributed by atoms with Gasteiger partial charge in [0.2, 0.25) is 0 Å². The van der Waals surface area contributed by atoms with Crippen molar-refractivity contribution in [2.75, 3.05) is 5.75 Å². The fraction of sp³-hybridized carbons (Fsp3) is 0.364. The van der Waals surface area contributed by atoms with Gasteiger partial charge < -0.3 is 0 Å². The van der Waals surface area contributed by atoms with E-state index in [1.54, 1.807) is 0 Å². The average molecular weight is 270 g/mol. The molecule has 0 aliphatic heterocycles. The third-order valence-electron chi connectivity index (χ3n) is 2.01. The lowest BCUT2D eigenvalue weighted by Gasteiger charge is -2.02. The fourth-order valence-electron chi connectivity index (χ4n) is 1.19. The molecule has 0 fully saturated rings. The smallest absolute Gasteiger partial charge is 0.133 e. The molecule has 1 rings (SSSR count). The van der Waals surface area contributed by atoms with Gasteiger partial charge in [-0.05, 0) is 48.7 Å². The van der Waals surface area contributed by atoms with Crippen molar-refractivity contribution in [2.45, 2.75) is 19.8 Å². The van der Waals surface area contributed by atoms with Gasteiger partial charge in [-0.25, -0.2) is 0 Å². The summed E-state index contributed by atoms with van der Waals surface area (Å²) in [5.41, 5.74) is 2.60. The number of rotatable bonds is 4. The minimum absolute atomic E-state index is 0.919. The lowest BCUT2D eigenvalue weighted by atomic mass is 10.1. The van der Waals surface area contributed by atoms with Crippen molar-refractivity contribution in [2.24, 2.45) is 0 Å². The molecule has 0 unspecified atom stereocenters. The number of thioether (sulfide) groups is 1. The second-order valence-electron chi connectivity index (χ2n) is 3.13. The molecular formula is C11H12BrNS. The zero-order valence-corrected chi connectivity index (χ0v) is 10.5. The monoisotopic (exact) mass is 269 g/mol. The maximum absolute atomic E-state index is 8.35. The van der Waals surface area contributed by atoms with E-state index in [9.17, 15) is 0 Å². The predicted octanol–water partition coefficient (Wildman–Crippen LogP) is 3.90. The number of benzene rings is 1. The molecule has 0 N–H and O–H groups in total. The number of aryl methyl sites for hydroxylation is 2. The minimum atomic E-state index is 0.919. The third kappa shape index (κ3) is 3.73. The van der Waals surface area contributed by atoms with Crippen LogP contribution >= 0.6 is 27.7 Å². The van der Waals surface area contributed by atoms with Gasteiger partial charge in [0.25, 0.3) is 0 Å². The number of thiocyanates is 1. The van der Waals surface area contributed by atoms with Crippen molar-refractivity contribution in [1.82, 2.24) is 0 Å². The lowest BCUT2D eigenvalue weighted by molar-refractivity contribution is 0.933. The molecule has 1 aromatic carbocycles. The highest BCUT2D eigenvalue weighted by Crippen LogP contribution is 2.18. The molecule has 0 aromatic heterocycles. The maximum atomic E-state index is 8.35. The third-order valence-corrected chi connectivity index (χ3v) is 3.49. The summed E-state index contributed by atoms with van der Waals surface area (Å²) < 4.78 is 1.17. The van der Waals surface area contributed by atoms with Gasteiger partial charge in [0.1, 0.15) is 5.40 Å². The zero-order valence-electron chi connectivity index (χ0n) is 8.09. The van der Waals surface area contributed by atoms with Crippen LogP contribution in [0, 0.1) is 17.6 Å². The molecule has 0 aliphatic rings. The van der Waals surface area contributed by atoms with E-state index >= 15 is 0 Å². The lowest BCUT2D eigenvalue weighted by Crippen LogP contribution is -1.88. The van der Waals surface area contributed by atoms with Crippen LogP contribution in [0.5, 0.6) is 0 Å². The van der Waals surface area contributed by atoms with Crippen LogP contribution in [-0.4, -0.2) is 5.75 Å². The molecule has 0 saturated heterocycles. The van der Waals surface area contributed by atoms with Gasteiger partial charge >= 0.3 is 0 Å². The van der Waals surface area contributed by atoms with Crippen LogP contribution in [0.2, 0.25) is 0 Å². The Balaban J connectivity index is 2.44. The summed E-state index contributed by atoms with van der Waals surface area (Å²) >= 11 is 4.84. The van der Waals surface area contributed by atoms with Gasteiger partial charge in [0.05, 0.1) is 0 Å². The Morgan fingerprint density at radius 3 is 2.93 bits per heavy atom. The standard InChI is InChI=1S/C11H12BrNS/c1-9-4-5-10(7-11(9)12)3-2-6-14-8-13/h4-5,7H,2-3,6H2,1H3. The molecule has 74 valence electrons. The molecular weight excluding hydrogens is 258 g/mol. The van der Waals surface area contributed by atoms with E-state index in [4.69, 9.17) is 5.26 Å². The summed E-state index contributed by atoms with van der Waals surface area (Å²) in [6.07, 6.45) is 2.11. The van der Waals surface area contributed by atoms with E-state index in [0.29, 0.717) is 0 Å². The molecule has 0 atom stereocenters. The second kappa shape index (κ2) is 6.10. The molecule has 1 nitrogen and oxygen atoms in total. The van der Waals surface area contributed by atoms with E-state index < -0.39 is 0 Å². The summed E-state index contributed by atoms with van der Waals surface area (Å²) in [6, 6.07) is 6.43. The number of nitriles is 1. The first kappa shape index (κ1) is 11.6. The molecule has 0 aliphatic carbocycles. The summed E-state index contributed by atoms with van der Waals surface area (Å²) in [7, 11) is 0. The molecule has 0 amide bonds. The topological polar surface area (TPSA) is 23.8 Å². The molecule has 3 heteroatoms. The normalized spacial score (nSPS) is 9.79. The van der Waals surface area contributed by atoms with E-state index in [-0.39, 0.29) is 0 Å². The zero-order chi connectivity index (χ0) is 10.4. The summed E-state index contributed by atoms with van der Waals surface area (Å²) in [5.74, 6) is 0.919. The molecule has 0 bridgehead atoms. The van der Waals surface area contributed by atoms with Crippen molar-refractivity contribution in [3.05, 3.63) is 33.8 Å². The number of halogens is 1. The molecule has 14 heavy (non-hydrogen) atoms. The molecule has 1 aromatic rings. The largest absolute Gasteiger partial charge is 0.185 e. The maximum Gasteiger partial charge on any atom is 0.133 e. The quantitative estimate of drug-likeness (QED) is 0.612. The van der Waals surface area contributed by atoms with Gasteiger partial charge in [-0.3, -0.25) is 0 Å². The van der Waals surface area contributed by atoms with Crippen molar-refractivity contribution < 1.29 is 0 Å². The Bertz CT molecular complexity index is 344. The van der Waals surface area contributed by atoms with Gasteiger partial charge in [0.15, 0.2) is 0 Å². The highest BCUT2D eigenvalue weighted by Gasteiger charge is 1.97. The van der Waals surface area contributed by atoms with E-state index in [2.05, 4.69) is 46.5 Å². The second-order valence-corrected chi connectivity index (χ2v) is 4.86. The highest BCUT2D eigenvalue weighted by atomic mass is 79.9. The number of hydrogen-bond acceptors (Lipinski definition) is 2. The Labute approximate surface area is 97.6 Å². The van der Waals surface area contributed by atoms with Gasteiger partial charge in [-0.1, -0.05) is 28.1 Å². The molecule has 0 spiro atoms. The van der Waals surface area contributed by atoms with Crippen LogP contribution in [0.3, 0.4) is 0 Å². The van der Waals surface area contributed by atoms with Crippen LogP contribution in [0.4, 0.5) is 0 Å². The van der Waals surface area contributed by atoms with Gasteiger partial charge in [-0.15, -0.1) is 0 Å². The first-order chi connectivity index (χ1) is 6.74. The van der Waals surface area contributed by atoms with Crippen molar-refractivity contribution in [3.63, 3.8) is 0 Å². The number of hydrogen-bond donors (Lipinski definition) is 0. The van der Waals surface area contributed by atoms with E-state index in [0.717, 1.165) is 18.6 Å². The van der Waals surface area contributed by atoms with Crippen LogP contribution in [0.25, 0.3) is 0 Å². The Morgan fingerprint density at radius 1 is 1.50 bits per heavy atom. The van der Waals surface area contributed by atoms with E-state index in [1.807, 2.05) is 0 Å². The fourth-order valence-corrected chi connectivity index (χ4v) is 1.99. The van der Waals surface area contributed by atoms with Crippen molar-refractivity contribution in [3.8, 4) is 5.40 Å². The summed E-state index contributed by atoms with van der Waals surface area (Å²) in [6.45, 7) is 2.08. The summed E-state index contributed by atoms with van der Waals surface area (Å²) in [5, 5.41) is 10.4. The summed E-state index contributed by atoms with van der Waals surface area (Å²) in [4.78, 5) is 0. The van der Waals surface area contributed by atoms with Crippen LogP contribution < -0.4 is 0 Å². The predicted molar refractivity (Wildman–Crippen MR) is 65.3 cm³/mol. The Kier molecular flexibility index (Phi) is 5.06. The van der Waals surface area contributed by atoms with E-state index in [1.165, 1.54) is 27.4 Å². The van der Waals surface area contributed by atoms with Gasteiger partial charge in [0, 0.05) is 10.2 Å². The SMILES string of the molecule is Cc1ccc(CCCSC#N)cc1Br. The Morgan fingerprint density at radius 2 is 2.29 bits per heavy atom. The molecule has 0 saturated carbocycles. The minimum Gasteiger partial charge on any atom is -0.185 e. The first-order valence-electron chi connectivity index (χ1n) is 4.50. The van der Waals surface area contributed by atoms with Crippen LogP contribution in [-0.2, 0) is 6.42 Å².